The summed E-state index contributed by atoms with van der Waals surface area (Å²) < 4.78 is 0. The van der Waals surface area contributed by atoms with Crippen molar-refractivity contribution in [2.45, 2.75) is 19.6 Å². The minimum atomic E-state index is -1.74. The Morgan fingerprint density at radius 3 is 1.37 bits per heavy atom. The maximum Gasteiger partial charge on any atom is 0.0780 e. The number of nitrogens with zero attached hydrogens (tertiary/aromatic N) is 1. The number of hydrogen-bond acceptors (Lipinski definition) is 1. The molecule has 0 bridgehead atoms. The third kappa shape index (κ3) is 4.53. The number of hydrogen-bond donors (Lipinski definition) is 0. The van der Waals surface area contributed by atoms with Gasteiger partial charge in [0, 0.05) is 36.7 Å². The van der Waals surface area contributed by atoms with Crippen LogP contribution < -0.4 is 0 Å². The molecule has 0 unspecified atom stereocenters. The van der Waals surface area contributed by atoms with E-state index in [1.54, 1.807) is 0 Å². The van der Waals surface area contributed by atoms with E-state index in [1.165, 1.54) is 36.1 Å². The molecule has 0 atom stereocenters. The summed E-state index contributed by atoms with van der Waals surface area (Å²) in [4.78, 5) is 10.1. The number of pyridine rings is 1. The lowest BCUT2D eigenvalue weighted by atomic mass is 10.0. The van der Waals surface area contributed by atoms with Crippen LogP contribution in [-0.4, -0.2) is 4.98 Å². The second kappa shape index (κ2) is 10.9. The first-order chi connectivity index (χ1) is 20.3. The van der Waals surface area contributed by atoms with Gasteiger partial charge >= 0.3 is 0 Å². The van der Waals surface area contributed by atoms with Crippen LogP contribution in [-0.2, 0) is 0 Å². The van der Waals surface area contributed by atoms with Crippen LogP contribution in [0, 0.1) is 0 Å². The summed E-state index contributed by atoms with van der Waals surface area (Å²) in [6.45, 7) is 0. The summed E-state index contributed by atoms with van der Waals surface area (Å²) in [6.07, 6.45) is 1.94. The van der Waals surface area contributed by atoms with Crippen molar-refractivity contribution in [2.24, 2.45) is 0 Å². The molecule has 7 rings (SSSR count). The van der Waals surface area contributed by atoms with Crippen LogP contribution in [0.15, 0.2) is 196 Å². The fourth-order valence-corrected chi connectivity index (χ4v) is 9.62. The van der Waals surface area contributed by atoms with Crippen LogP contribution in [0.1, 0.15) is 0 Å². The first-order valence-corrected chi connectivity index (χ1v) is 15.5. The Hall–Kier alpha value is -4.92. The van der Waals surface area contributed by atoms with Gasteiger partial charge in [0.05, 0.1) is 5.69 Å². The average Bonchev–Trinajstić information content (AvgIpc) is 3.07. The van der Waals surface area contributed by atoms with Crippen molar-refractivity contribution in [3.05, 3.63) is 176 Å². The molecule has 1 aromatic heterocycles. The van der Waals surface area contributed by atoms with Gasteiger partial charge in [0.1, 0.15) is 0 Å². The molecule has 0 spiro atoms. The highest BCUT2D eigenvalue weighted by Gasteiger charge is 2.33. The third-order valence-electron chi connectivity index (χ3n) is 7.65. The molecule has 0 radical (unpaired) electrons. The molecular weight excluding hydrogens is 515 g/mol. The van der Waals surface area contributed by atoms with E-state index in [0.29, 0.717) is 0 Å². The highest BCUT2D eigenvalue weighted by atomic mass is 32.3. The molecule has 0 aliphatic heterocycles. The van der Waals surface area contributed by atoms with E-state index in [2.05, 4.69) is 170 Å². The minimum absolute atomic E-state index is 1.01. The number of rotatable bonds is 6. The Balaban J connectivity index is 1.42. The summed E-state index contributed by atoms with van der Waals surface area (Å²) >= 11 is 0. The van der Waals surface area contributed by atoms with E-state index in [9.17, 15) is 0 Å². The molecule has 41 heavy (non-hydrogen) atoms. The van der Waals surface area contributed by atoms with E-state index in [1.807, 2.05) is 6.20 Å². The van der Waals surface area contributed by atoms with Gasteiger partial charge < -0.3 is 0 Å². The summed E-state index contributed by atoms with van der Waals surface area (Å²) in [5.74, 6) is 0. The molecule has 0 saturated carbocycles. The Bertz CT molecular complexity index is 1800. The van der Waals surface area contributed by atoms with E-state index in [-0.39, 0.29) is 0 Å². The highest BCUT2D eigenvalue weighted by molar-refractivity contribution is 8.34. The predicted octanol–water partition coefficient (Wildman–Crippen LogP) is 10.9. The summed E-state index contributed by atoms with van der Waals surface area (Å²) in [5.41, 5.74) is 4.56. The Morgan fingerprint density at radius 2 is 0.829 bits per heavy atom. The van der Waals surface area contributed by atoms with Gasteiger partial charge in [0.15, 0.2) is 0 Å². The molecule has 0 fully saturated rings. The lowest BCUT2D eigenvalue weighted by Gasteiger charge is -2.42. The number of aromatic nitrogens is 1. The van der Waals surface area contributed by atoms with E-state index in [4.69, 9.17) is 4.98 Å². The Labute approximate surface area is 243 Å². The average molecular weight is 544 g/mol. The van der Waals surface area contributed by atoms with Gasteiger partial charge in [-0.25, -0.2) is 0 Å². The van der Waals surface area contributed by atoms with Crippen molar-refractivity contribution < 1.29 is 0 Å². The van der Waals surface area contributed by atoms with E-state index >= 15 is 0 Å². The van der Waals surface area contributed by atoms with Gasteiger partial charge in [0.25, 0.3) is 0 Å². The molecule has 0 aliphatic rings. The second-order valence-electron chi connectivity index (χ2n) is 10.0. The monoisotopic (exact) mass is 543 g/mol. The Kier molecular flexibility index (Phi) is 6.68. The standard InChI is InChI=1S/C39H29NS/c1-5-13-30(14-6-1)31-21-23-32(24-22-31)39-38-26-25-37(29-33(38)27-28-40-39)41(34-15-7-2-8-16-34,35-17-9-3-10-18-35)36-19-11-4-12-20-36/h1-29H. The molecule has 0 amide bonds. The van der Waals surface area contributed by atoms with Crippen LogP contribution >= 0.6 is 10.0 Å². The fourth-order valence-electron chi connectivity index (χ4n) is 5.72. The largest absolute Gasteiger partial charge is 0.256 e. The first-order valence-electron chi connectivity index (χ1n) is 13.9. The molecule has 2 heteroatoms. The molecule has 0 N–H and O–H groups in total. The molecule has 196 valence electrons. The number of fused-ring (bicyclic) bond motifs is 1. The van der Waals surface area contributed by atoms with Gasteiger partial charge in [-0.05, 0) is 71.1 Å². The van der Waals surface area contributed by atoms with Crippen LogP contribution in [0.2, 0.25) is 0 Å². The summed E-state index contributed by atoms with van der Waals surface area (Å²) in [6, 6.07) is 61.3. The van der Waals surface area contributed by atoms with Crippen molar-refractivity contribution in [1.82, 2.24) is 4.98 Å². The molecule has 1 nitrogen and oxygen atoms in total. The normalized spacial score (nSPS) is 11.8. The maximum atomic E-state index is 4.85. The van der Waals surface area contributed by atoms with Crippen LogP contribution in [0.5, 0.6) is 0 Å². The molecule has 6 aromatic carbocycles. The van der Waals surface area contributed by atoms with Crippen molar-refractivity contribution in [3.8, 4) is 22.4 Å². The summed E-state index contributed by atoms with van der Waals surface area (Å²) in [7, 11) is -1.74. The van der Waals surface area contributed by atoms with E-state index < -0.39 is 10.0 Å². The highest BCUT2D eigenvalue weighted by Crippen LogP contribution is 2.73. The quantitative estimate of drug-likeness (QED) is 0.203. The lowest BCUT2D eigenvalue weighted by Crippen LogP contribution is -2.05. The van der Waals surface area contributed by atoms with E-state index in [0.717, 1.165) is 16.6 Å². The van der Waals surface area contributed by atoms with Crippen LogP contribution in [0.25, 0.3) is 33.2 Å². The molecule has 0 aliphatic carbocycles. The van der Waals surface area contributed by atoms with Crippen molar-refractivity contribution in [3.63, 3.8) is 0 Å². The predicted molar refractivity (Wildman–Crippen MR) is 173 cm³/mol. The lowest BCUT2D eigenvalue weighted by molar-refractivity contribution is 1.24. The number of benzene rings is 6. The maximum absolute atomic E-state index is 4.85. The smallest absolute Gasteiger partial charge is 0.0780 e. The molecular formula is C39H29NS. The zero-order chi connectivity index (χ0) is 27.5. The van der Waals surface area contributed by atoms with Crippen molar-refractivity contribution in [1.29, 1.82) is 0 Å². The third-order valence-corrected chi connectivity index (χ3v) is 11.5. The fraction of sp³-hybridized carbons (Fsp3) is 0. The molecule has 0 saturated heterocycles. The van der Waals surface area contributed by atoms with Crippen LogP contribution in [0.4, 0.5) is 0 Å². The minimum Gasteiger partial charge on any atom is -0.256 e. The molecule has 1 heterocycles. The topological polar surface area (TPSA) is 12.9 Å². The second-order valence-corrected chi connectivity index (χ2v) is 13.1. The van der Waals surface area contributed by atoms with Gasteiger partial charge in [-0.15, -0.1) is 10.0 Å². The van der Waals surface area contributed by atoms with Crippen molar-refractivity contribution >= 4 is 20.8 Å². The first kappa shape index (κ1) is 25.1. The zero-order valence-electron chi connectivity index (χ0n) is 22.6. The zero-order valence-corrected chi connectivity index (χ0v) is 23.4. The van der Waals surface area contributed by atoms with Crippen molar-refractivity contribution in [2.75, 3.05) is 0 Å². The van der Waals surface area contributed by atoms with Gasteiger partial charge in [-0.1, -0.05) is 115 Å². The molecule has 7 aromatic rings. The van der Waals surface area contributed by atoms with Gasteiger partial charge in [-0.3, -0.25) is 4.98 Å². The SMILES string of the molecule is c1ccc(-c2ccc(-c3nccc4cc(S(c5ccccc5)(c5ccccc5)c5ccccc5)ccc34)cc2)cc1. The summed E-state index contributed by atoms with van der Waals surface area (Å²) in [5, 5.41) is 2.35. The van der Waals surface area contributed by atoms with Crippen LogP contribution in [0.3, 0.4) is 0 Å². The van der Waals surface area contributed by atoms with Gasteiger partial charge in [0.2, 0.25) is 0 Å². The Morgan fingerprint density at radius 1 is 0.366 bits per heavy atom. The van der Waals surface area contributed by atoms with Gasteiger partial charge in [-0.2, -0.15) is 0 Å².